The average molecular weight is 479 g/mol. The number of fused-ring (bicyclic) bond motifs is 1. The smallest absolute Gasteiger partial charge is 0.433 e. The van der Waals surface area contributed by atoms with Crippen LogP contribution >= 0.6 is 0 Å². The van der Waals surface area contributed by atoms with Crippen LogP contribution in [0.2, 0.25) is 0 Å². The molecule has 1 atom stereocenters. The van der Waals surface area contributed by atoms with Gasteiger partial charge >= 0.3 is 6.18 Å². The Hall–Kier alpha value is -3.11. The number of ether oxygens (including phenoxy) is 1. The van der Waals surface area contributed by atoms with Gasteiger partial charge in [0.15, 0.2) is 5.82 Å². The summed E-state index contributed by atoms with van der Waals surface area (Å²) < 4.78 is 43.5. The molecule has 0 spiro atoms. The first-order chi connectivity index (χ1) is 16.1. The first-order valence-electron chi connectivity index (χ1n) is 11.4. The molecule has 3 heterocycles. The standard InChI is InChI=1S/C23H29F3N6O2/c1-13-19-20(32(3)14(2)21(33)30-19)31-22(29-13)28-10-15-4-6-16(7-5-15)12-34-17-8-9-18(27-11-17)23(24,25)26/h8-9,11,14-16H,4-7,10,12H2,1-3H3,(H,30,33)(H,28,29,31)/t14-,15-,16-/m0/s1. The maximum Gasteiger partial charge on any atom is 0.433 e. The molecule has 2 aliphatic rings. The monoisotopic (exact) mass is 478 g/mol. The fourth-order valence-corrected chi connectivity index (χ4v) is 4.31. The van der Waals surface area contributed by atoms with Crippen LogP contribution in [0.15, 0.2) is 18.3 Å². The lowest BCUT2D eigenvalue weighted by atomic mass is 9.82. The number of hydrogen-bond donors (Lipinski definition) is 2. The maximum absolute atomic E-state index is 12.6. The molecule has 4 rings (SSSR count). The molecule has 1 fully saturated rings. The second kappa shape index (κ2) is 9.63. The number of carbonyl (C=O) groups is 1. The van der Waals surface area contributed by atoms with Gasteiger partial charge in [0, 0.05) is 13.6 Å². The highest BCUT2D eigenvalue weighted by atomic mass is 19.4. The summed E-state index contributed by atoms with van der Waals surface area (Å²) >= 11 is 0. The van der Waals surface area contributed by atoms with E-state index in [2.05, 4.69) is 25.6 Å². The zero-order chi connectivity index (χ0) is 24.5. The molecule has 0 saturated heterocycles. The first-order valence-corrected chi connectivity index (χ1v) is 11.4. The molecule has 0 bridgehead atoms. The predicted molar refractivity (Wildman–Crippen MR) is 122 cm³/mol. The minimum absolute atomic E-state index is 0.0715. The Balaban J connectivity index is 1.24. The number of carbonyl (C=O) groups excluding carboxylic acids is 1. The summed E-state index contributed by atoms with van der Waals surface area (Å²) in [4.78, 5) is 26.5. The summed E-state index contributed by atoms with van der Waals surface area (Å²) in [6.45, 7) is 4.91. The summed E-state index contributed by atoms with van der Waals surface area (Å²) in [7, 11) is 1.85. The van der Waals surface area contributed by atoms with E-state index < -0.39 is 11.9 Å². The second-order valence-corrected chi connectivity index (χ2v) is 9.06. The van der Waals surface area contributed by atoms with Crippen LogP contribution in [0, 0.1) is 18.8 Å². The fourth-order valence-electron chi connectivity index (χ4n) is 4.31. The molecule has 2 N–H and O–H groups in total. The van der Waals surface area contributed by atoms with E-state index >= 15 is 0 Å². The summed E-state index contributed by atoms with van der Waals surface area (Å²) in [5.41, 5.74) is 0.454. The molecule has 2 aromatic heterocycles. The molecule has 11 heteroatoms. The molecule has 1 aliphatic carbocycles. The summed E-state index contributed by atoms with van der Waals surface area (Å²) in [6, 6.07) is 1.95. The van der Waals surface area contributed by atoms with Crippen molar-refractivity contribution in [2.24, 2.45) is 11.8 Å². The highest BCUT2D eigenvalue weighted by Crippen LogP contribution is 2.33. The Kier molecular flexibility index (Phi) is 6.81. The molecule has 2 aromatic rings. The highest BCUT2D eigenvalue weighted by molar-refractivity contribution is 6.03. The molecule has 34 heavy (non-hydrogen) atoms. The van der Waals surface area contributed by atoms with E-state index in [9.17, 15) is 18.0 Å². The van der Waals surface area contributed by atoms with Gasteiger partial charge in [-0.15, -0.1) is 0 Å². The number of amides is 1. The molecule has 8 nitrogen and oxygen atoms in total. The molecule has 0 radical (unpaired) electrons. The fraction of sp³-hybridized carbons (Fsp3) is 0.565. The van der Waals surface area contributed by atoms with Crippen LogP contribution in [0.1, 0.15) is 44.0 Å². The predicted octanol–water partition coefficient (Wildman–Crippen LogP) is 4.27. The Morgan fingerprint density at radius 3 is 2.53 bits per heavy atom. The van der Waals surface area contributed by atoms with Gasteiger partial charge in [0.2, 0.25) is 11.9 Å². The largest absolute Gasteiger partial charge is 0.492 e. The van der Waals surface area contributed by atoms with E-state index in [0.717, 1.165) is 50.2 Å². The van der Waals surface area contributed by atoms with Crippen LogP contribution in [-0.4, -0.2) is 47.1 Å². The number of aryl methyl sites for hydroxylation is 1. The second-order valence-electron chi connectivity index (χ2n) is 9.06. The summed E-state index contributed by atoms with van der Waals surface area (Å²) in [5.74, 6) is 2.37. The van der Waals surface area contributed by atoms with E-state index in [1.807, 2.05) is 25.8 Å². The Morgan fingerprint density at radius 2 is 1.88 bits per heavy atom. The normalized spacial score (nSPS) is 22.7. The van der Waals surface area contributed by atoms with Crippen LogP contribution in [0.25, 0.3) is 0 Å². The number of aromatic nitrogens is 3. The number of hydrogen-bond acceptors (Lipinski definition) is 7. The van der Waals surface area contributed by atoms with Crippen molar-refractivity contribution >= 4 is 23.4 Å². The third kappa shape index (κ3) is 5.34. The van der Waals surface area contributed by atoms with Crippen LogP contribution in [0.4, 0.5) is 30.6 Å². The molecule has 184 valence electrons. The Labute approximate surface area is 196 Å². The molecule has 1 amide bonds. The lowest BCUT2D eigenvalue weighted by Crippen LogP contribution is -2.44. The van der Waals surface area contributed by atoms with Crippen molar-refractivity contribution in [1.82, 2.24) is 15.0 Å². The number of nitrogens with one attached hydrogen (secondary N) is 2. The van der Waals surface area contributed by atoms with E-state index in [1.165, 1.54) is 6.07 Å². The van der Waals surface area contributed by atoms with Gasteiger partial charge in [0.25, 0.3) is 0 Å². The highest BCUT2D eigenvalue weighted by Gasteiger charge is 2.32. The van der Waals surface area contributed by atoms with Crippen LogP contribution in [-0.2, 0) is 11.0 Å². The van der Waals surface area contributed by atoms with Crippen molar-refractivity contribution in [3.63, 3.8) is 0 Å². The average Bonchev–Trinajstić information content (AvgIpc) is 2.81. The zero-order valence-corrected chi connectivity index (χ0v) is 19.4. The summed E-state index contributed by atoms with van der Waals surface area (Å²) in [6.07, 6.45) is 0.681. The van der Waals surface area contributed by atoms with Crippen LogP contribution < -0.4 is 20.3 Å². The minimum atomic E-state index is -4.45. The maximum atomic E-state index is 12.6. The Bertz CT molecular complexity index is 1020. The number of anilines is 3. The van der Waals surface area contributed by atoms with Crippen molar-refractivity contribution in [1.29, 1.82) is 0 Å². The molecular weight excluding hydrogens is 449 g/mol. The van der Waals surface area contributed by atoms with Crippen molar-refractivity contribution < 1.29 is 22.7 Å². The third-order valence-corrected chi connectivity index (χ3v) is 6.64. The van der Waals surface area contributed by atoms with Gasteiger partial charge < -0.3 is 20.3 Å². The number of nitrogens with zero attached hydrogens (tertiary/aromatic N) is 4. The van der Waals surface area contributed by atoms with Crippen LogP contribution in [0.3, 0.4) is 0 Å². The van der Waals surface area contributed by atoms with Crippen LogP contribution in [0.5, 0.6) is 5.75 Å². The zero-order valence-electron chi connectivity index (χ0n) is 19.4. The lowest BCUT2D eigenvalue weighted by molar-refractivity contribution is -0.141. The molecule has 0 unspecified atom stereocenters. The van der Waals surface area contributed by atoms with Crippen molar-refractivity contribution in [2.45, 2.75) is 51.7 Å². The van der Waals surface area contributed by atoms with Crippen molar-refractivity contribution in [3.05, 3.63) is 29.7 Å². The third-order valence-electron chi connectivity index (χ3n) is 6.64. The SMILES string of the molecule is Cc1nc(NC[C@H]2CC[C@H](COc3ccc(C(F)(F)F)nc3)CC2)nc2c1NC(=O)[C@H](C)N2C. The van der Waals surface area contributed by atoms with E-state index in [0.29, 0.717) is 41.6 Å². The minimum Gasteiger partial charge on any atom is -0.492 e. The topological polar surface area (TPSA) is 92.3 Å². The van der Waals surface area contributed by atoms with E-state index in [4.69, 9.17) is 4.74 Å². The van der Waals surface area contributed by atoms with Crippen molar-refractivity contribution in [2.75, 3.05) is 35.7 Å². The molecule has 1 aliphatic heterocycles. The van der Waals surface area contributed by atoms with Gasteiger partial charge in [0.1, 0.15) is 23.2 Å². The number of pyridine rings is 1. The number of halogens is 3. The quantitative estimate of drug-likeness (QED) is 0.641. The van der Waals surface area contributed by atoms with E-state index in [1.54, 1.807) is 0 Å². The summed E-state index contributed by atoms with van der Waals surface area (Å²) in [5, 5.41) is 6.23. The molecule has 0 aromatic carbocycles. The van der Waals surface area contributed by atoms with Gasteiger partial charge in [-0.1, -0.05) is 0 Å². The van der Waals surface area contributed by atoms with Gasteiger partial charge in [0.05, 0.1) is 18.5 Å². The molecule has 1 saturated carbocycles. The Morgan fingerprint density at radius 1 is 1.18 bits per heavy atom. The number of likely N-dealkylation sites (N-methyl/N-ethyl adjacent to an activating group) is 1. The molecular formula is C23H29F3N6O2. The first kappa shape index (κ1) is 24.0. The van der Waals surface area contributed by atoms with E-state index in [-0.39, 0.29) is 11.9 Å². The van der Waals surface area contributed by atoms with Gasteiger partial charge in [-0.05, 0) is 63.5 Å². The van der Waals surface area contributed by atoms with Gasteiger partial charge in [-0.25, -0.2) is 9.97 Å². The van der Waals surface area contributed by atoms with Crippen molar-refractivity contribution in [3.8, 4) is 5.75 Å². The number of rotatable bonds is 6. The van der Waals surface area contributed by atoms with Gasteiger partial charge in [-0.3, -0.25) is 4.79 Å². The number of alkyl halides is 3. The van der Waals surface area contributed by atoms with Gasteiger partial charge in [-0.2, -0.15) is 18.2 Å². The lowest BCUT2D eigenvalue weighted by Gasteiger charge is -2.33.